The van der Waals surface area contributed by atoms with Gasteiger partial charge in [0.2, 0.25) is 0 Å². The predicted molar refractivity (Wildman–Crippen MR) is 73.3 cm³/mol. The summed E-state index contributed by atoms with van der Waals surface area (Å²) in [5.41, 5.74) is 1.16. The van der Waals surface area contributed by atoms with Gasteiger partial charge in [-0.3, -0.25) is 0 Å². The Kier molecular flexibility index (Phi) is 3.85. The Bertz CT molecular complexity index is 405. The molecule has 0 radical (unpaired) electrons. The molecule has 2 unspecified atom stereocenters. The lowest BCUT2D eigenvalue weighted by atomic mass is 10.0. The van der Waals surface area contributed by atoms with Gasteiger partial charge in [-0.1, -0.05) is 12.1 Å². The Morgan fingerprint density at radius 3 is 2.32 bits per heavy atom. The molecular formula is C16H22FNO. The van der Waals surface area contributed by atoms with E-state index in [1.807, 2.05) is 19.2 Å². The maximum atomic E-state index is 12.8. The van der Waals surface area contributed by atoms with Crippen molar-refractivity contribution in [3.63, 3.8) is 0 Å². The van der Waals surface area contributed by atoms with Crippen molar-refractivity contribution in [1.82, 2.24) is 5.32 Å². The van der Waals surface area contributed by atoms with Crippen LogP contribution in [0.1, 0.15) is 31.2 Å². The minimum absolute atomic E-state index is 0.162. The zero-order valence-electron chi connectivity index (χ0n) is 11.4. The van der Waals surface area contributed by atoms with Crippen molar-refractivity contribution in [3.05, 3.63) is 35.6 Å². The molecule has 1 aromatic rings. The third-order valence-electron chi connectivity index (χ3n) is 4.81. The zero-order valence-corrected chi connectivity index (χ0v) is 11.4. The average Bonchev–Trinajstić information content (AvgIpc) is 2.95. The van der Waals surface area contributed by atoms with Crippen molar-refractivity contribution in [2.75, 3.05) is 7.11 Å². The Morgan fingerprint density at radius 1 is 1.11 bits per heavy atom. The van der Waals surface area contributed by atoms with E-state index in [9.17, 15) is 4.39 Å². The van der Waals surface area contributed by atoms with Crippen molar-refractivity contribution in [2.24, 2.45) is 11.8 Å². The molecular weight excluding hydrogens is 241 g/mol. The fourth-order valence-electron chi connectivity index (χ4n) is 3.78. The van der Waals surface area contributed by atoms with Crippen LogP contribution in [0.4, 0.5) is 4.39 Å². The van der Waals surface area contributed by atoms with Crippen LogP contribution in [0.15, 0.2) is 24.3 Å². The van der Waals surface area contributed by atoms with Gasteiger partial charge in [-0.25, -0.2) is 4.39 Å². The van der Waals surface area contributed by atoms with Gasteiger partial charge in [-0.05, 0) is 55.2 Å². The summed E-state index contributed by atoms with van der Waals surface area (Å²) in [7, 11) is 1.83. The first-order valence-corrected chi connectivity index (χ1v) is 7.25. The Balaban J connectivity index is 1.47. The number of benzene rings is 1. The highest BCUT2D eigenvalue weighted by molar-refractivity contribution is 5.16. The second-order valence-corrected chi connectivity index (χ2v) is 6.02. The number of hydrogen-bond acceptors (Lipinski definition) is 2. The minimum Gasteiger partial charge on any atom is -0.381 e. The second-order valence-electron chi connectivity index (χ2n) is 6.02. The van der Waals surface area contributed by atoms with Gasteiger partial charge in [-0.15, -0.1) is 0 Å². The van der Waals surface area contributed by atoms with Crippen LogP contribution in [0.5, 0.6) is 0 Å². The van der Waals surface area contributed by atoms with Crippen LogP contribution >= 0.6 is 0 Å². The average molecular weight is 263 g/mol. The first-order valence-electron chi connectivity index (χ1n) is 7.25. The van der Waals surface area contributed by atoms with E-state index in [1.54, 1.807) is 0 Å². The van der Waals surface area contributed by atoms with Crippen LogP contribution < -0.4 is 5.32 Å². The van der Waals surface area contributed by atoms with E-state index in [4.69, 9.17) is 4.74 Å². The molecule has 0 spiro atoms. The van der Waals surface area contributed by atoms with Gasteiger partial charge >= 0.3 is 0 Å². The largest absolute Gasteiger partial charge is 0.381 e. The van der Waals surface area contributed by atoms with Crippen LogP contribution in [0, 0.1) is 17.7 Å². The molecule has 0 aromatic heterocycles. The van der Waals surface area contributed by atoms with Crippen molar-refractivity contribution in [2.45, 2.75) is 44.4 Å². The molecule has 0 heterocycles. The van der Waals surface area contributed by atoms with Gasteiger partial charge in [0.1, 0.15) is 5.82 Å². The summed E-state index contributed by atoms with van der Waals surface area (Å²) in [6, 6.07) is 7.41. The molecule has 2 aliphatic carbocycles. The number of fused-ring (bicyclic) bond motifs is 1. The Hall–Kier alpha value is -0.930. The smallest absolute Gasteiger partial charge is 0.123 e. The monoisotopic (exact) mass is 263 g/mol. The predicted octanol–water partition coefficient (Wildman–Crippen LogP) is 3.12. The van der Waals surface area contributed by atoms with E-state index in [0.29, 0.717) is 12.1 Å². The zero-order chi connectivity index (χ0) is 13.2. The van der Waals surface area contributed by atoms with Crippen molar-refractivity contribution in [1.29, 1.82) is 0 Å². The van der Waals surface area contributed by atoms with E-state index < -0.39 is 0 Å². The van der Waals surface area contributed by atoms with Crippen molar-refractivity contribution < 1.29 is 9.13 Å². The normalized spacial score (nSPS) is 33.6. The lowest BCUT2D eigenvalue weighted by molar-refractivity contribution is 0.100. The number of halogens is 1. The topological polar surface area (TPSA) is 21.3 Å². The minimum atomic E-state index is -0.162. The summed E-state index contributed by atoms with van der Waals surface area (Å²) in [4.78, 5) is 0. The van der Waals surface area contributed by atoms with E-state index in [1.165, 1.54) is 37.8 Å². The van der Waals surface area contributed by atoms with Crippen LogP contribution in [0.25, 0.3) is 0 Å². The highest BCUT2D eigenvalue weighted by Gasteiger charge is 2.41. The molecule has 0 aliphatic heterocycles. The van der Waals surface area contributed by atoms with E-state index in [0.717, 1.165) is 23.9 Å². The summed E-state index contributed by atoms with van der Waals surface area (Å²) < 4.78 is 18.3. The SMILES string of the molecule is COC1C[C@H]2CC(NCc3ccc(F)cc3)C[C@H]2C1. The fourth-order valence-corrected chi connectivity index (χ4v) is 3.78. The number of nitrogens with one attached hydrogen (secondary N) is 1. The summed E-state index contributed by atoms with van der Waals surface area (Å²) >= 11 is 0. The number of rotatable bonds is 4. The molecule has 19 heavy (non-hydrogen) atoms. The van der Waals surface area contributed by atoms with Crippen molar-refractivity contribution in [3.8, 4) is 0 Å². The highest BCUT2D eigenvalue weighted by Crippen LogP contribution is 2.44. The molecule has 4 atom stereocenters. The molecule has 0 bridgehead atoms. The van der Waals surface area contributed by atoms with E-state index in [2.05, 4.69) is 5.32 Å². The van der Waals surface area contributed by atoms with E-state index in [-0.39, 0.29) is 5.82 Å². The third-order valence-corrected chi connectivity index (χ3v) is 4.81. The Labute approximate surface area is 114 Å². The fraction of sp³-hybridized carbons (Fsp3) is 0.625. The molecule has 3 heteroatoms. The third kappa shape index (κ3) is 2.98. The number of hydrogen-bond donors (Lipinski definition) is 1. The quantitative estimate of drug-likeness (QED) is 0.901. The van der Waals surface area contributed by atoms with Crippen molar-refractivity contribution >= 4 is 0 Å². The molecule has 2 aliphatic rings. The summed E-state index contributed by atoms with van der Waals surface area (Å²) in [5.74, 6) is 1.52. The lowest BCUT2D eigenvalue weighted by Crippen LogP contribution is -2.27. The van der Waals surface area contributed by atoms with Gasteiger partial charge in [0.05, 0.1) is 6.10 Å². The first-order chi connectivity index (χ1) is 9.24. The molecule has 2 nitrogen and oxygen atoms in total. The van der Waals surface area contributed by atoms with Gasteiger partial charge in [0.25, 0.3) is 0 Å². The van der Waals surface area contributed by atoms with Crippen LogP contribution in [0.3, 0.4) is 0 Å². The highest BCUT2D eigenvalue weighted by atomic mass is 19.1. The van der Waals surface area contributed by atoms with Crippen LogP contribution in [-0.4, -0.2) is 19.3 Å². The van der Waals surface area contributed by atoms with Crippen LogP contribution in [-0.2, 0) is 11.3 Å². The number of ether oxygens (including phenoxy) is 1. The molecule has 104 valence electrons. The molecule has 1 aromatic carbocycles. The molecule has 1 N–H and O–H groups in total. The molecule has 0 amide bonds. The van der Waals surface area contributed by atoms with Gasteiger partial charge in [-0.2, -0.15) is 0 Å². The molecule has 2 saturated carbocycles. The first kappa shape index (κ1) is 13.1. The van der Waals surface area contributed by atoms with Gasteiger partial charge < -0.3 is 10.1 Å². The maximum Gasteiger partial charge on any atom is 0.123 e. The summed E-state index contributed by atoms with van der Waals surface area (Å²) in [6.45, 7) is 0.845. The van der Waals surface area contributed by atoms with Gasteiger partial charge in [0, 0.05) is 19.7 Å². The lowest BCUT2D eigenvalue weighted by Gasteiger charge is -2.15. The Morgan fingerprint density at radius 2 is 1.74 bits per heavy atom. The van der Waals surface area contributed by atoms with E-state index >= 15 is 0 Å². The standard InChI is InChI=1S/C16H22FNO/c1-19-16-8-12-6-15(7-13(12)9-16)18-10-11-2-4-14(17)5-3-11/h2-5,12-13,15-16,18H,6-10H2,1H3/t12-,13+,15?,16?. The summed E-state index contributed by atoms with van der Waals surface area (Å²) in [5, 5.41) is 3.62. The molecule has 0 saturated heterocycles. The molecule has 3 rings (SSSR count). The van der Waals surface area contributed by atoms with Crippen LogP contribution in [0.2, 0.25) is 0 Å². The van der Waals surface area contributed by atoms with Gasteiger partial charge in [0.15, 0.2) is 0 Å². The number of methoxy groups -OCH3 is 1. The second kappa shape index (κ2) is 5.59. The maximum absolute atomic E-state index is 12.8. The molecule has 2 fully saturated rings. The summed E-state index contributed by atoms with van der Waals surface area (Å²) in [6.07, 6.45) is 5.50.